The van der Waals surface area contributed by atoms with Gasteiger partial charge in [0, 0.05) is 0 Å². The molecule has 0 bridgehead atoms. The van der Waals surface area contributed by atoms with E-state index in [1.807, 2.05) is 6.08 Å². The maximum Gasteiger partial charge on any atom is 0.152 e. The number of ketones is 1. The second kappa shape index (κ2) is 4.78. The van der Waals surface area contributed by atoms with E-state index in [9.17, 15) is 4.79 Å². The van der Waals surface area contributed by atoms with Gasteiger partial charge in [-0.05, 0) is 43.6 Å². The third kappa shape index (κ3) is 4.46. The van der Waals surface area contributed by atoms with Crippen molar-refractivity contribution in [3.63, 3.8) is 0 Å². The van der Waals surface area contributed by atoms with Gasteiger partial charge in [-0.25, -0.2) is 0 Å². The zero-order valence-corrected chi connectivity index (χ0v) is 10.3. The third-order valence-electron chi connectivity index (χ3n) is 2.91. The molecule has 1 aliphatic rings. The van der Waals surface area contributed by atoms with Gasteiger partial charge in [0.1, 0.15) is 0 Å². The van der Waals surface area contributed by atoms with Gasteiger partial charge in [0.15, 0.2) is 5.78 Å². The average molecular weight is 206 g/mol. The van der Waals surface area contributed by atoms with Crippen molar-refractivity contribution in [1.29, 1.82) is 0 Å². The summed E-state index contributed by atoms with van der Waals surface area (Å²) in [5.41, 5.74) is 1.59. The second-order valence-corrected chi connectivity index (χ2v) is 5.50. The summed E-state index contributed by atoms with van der Waals surface area (Å²) < 4.78 is 0. The highest BCUT2D eigenvalue weighted by Gasteiger charge is 2.22. The van der Waals surface area contributed by atoms with Crippen LogP contribution in [0.4, 0.5) is 0 Å². The Hall–Kier alpha value is -0.850. The molecule has 1 aliphatic carbocycles. The largest absolute Gasteiger partial charge is 0.295 e. The second-order valence-electron chi connectivity index (χ2n) is 5.50. The highest BCUT2D eigenvalue weighted by molar-refractivity contribution is 5.87. The summed E-state index contributed by atoms with van der Waals surface area (Å²) in [6.07, 6.45) is 9.58. The first-order chi connectivity index (χ1) is 6.89. The molecule has 15 heavy (non-hydrogen) atoms. The Kier molecular flexibility index (Phi) is 3.90. The van der Waals surface area contributed by atoms with Crippen LogP contribution in [0.1, 0.15) is 47.0 Å². The molecule has 0 aromatic heterocycles. The molecule has 0 N–H and O–H groups in total. The summed E-state index contributed by atoms with van der Waals surface area (Å²) in [7, 11) is 0. The number of rotatable bonds is 2. The fraction of sp³-hybridized carbons (Fsp3) is 0.643. The number of carbonyl (C=O) groups is 1. The van der Waals surface area contributed by atoms with Crippen molar-refractivity contribution >= 4 is 5.78 Å². The van der Waals surface area contributed by atoms with Gasteiger partial charge < -0.3 is 0 Å². The molecule has 0 fully saturated rings. The Balaban J connectivity index is 2.79. The SMILES string of the molecule is CC(=O)/C=C/C1=CC(C)(C)CC(C)CC1. The van der Waals surface area contributed by atoms with Gasteiger partial charge in [-0.15, -0.1) is 0 Å². The summed E-state index contributed by atoms with van der Waals surface area (Å²) in [5.74, 6) is 0.908. The topological polar surface area (TPSA) is 17.1 Å². The summed E-state index contributed by atoms with van der Waals surface area (Å²) in [5, 5.41) is 0. The minimum Gasteiger partial charge on any atom is -0.295 e. The van der Waals surface area contributed by atoms with Crippen LogP contribution in [0, 0.1) is 11.3 Å². The number of hydrogen-bond donors (Lipinski definition) is 0. The van der Waals surface area contributed by atoms with Crippen molar-refractivity contribution in [2.24, 2.45) is 11.3 Å². The molecule has 1 unspecified atom stereocenters. The average Bonchev–Trinajstić information content (AvgIpc) is 2.20. The molecular weight excluding hydrogens is 184 g/mol. The summed E-state index contributed by atoms with van der Waals surface area (Å²) in [6.45, 7) is 8.46. The molecule has 1 heteroatoms. The first-order valence-electron chi connectivity index (χ1n) is 5.79. The molecular formula is C14H22O. The van der Waals surface area contributed by atoms with Gasteiger partial charge in [0.05, 0.1) is 0 Å². The van der Waals surface area contributed by atoms with Gasteiger partial charge in [-0.3, -0.25) is 4.79 Å². The smallest absolute Gasteiger partial charge is 0.152 e. The summed E-state index contributed by atoms with van der Waals surface area (Å²) in [4.78, 5) is 10.9. The van der Waals surface area contributed by atoms with E-state index >= 15 is 0 Å². The van der Waals surface area contributed by atoms with Gasteiger partial charge in [0.2, 0.25) is 0 Å². The normalized spacial score (nSPS) is 26.1. The zero-order chi connectivity index (χ0) is 11.5. The predicted octanol–water partition coefficient (Wildman–Crippen LogP) is 3.90. The highest BCUT2D eigenvalue weighted by atomic mass is 16.1. The van der Waals surface area contributed by atoms with Gasteiger partial charge >= 0.3 is 0 Å². The standard InChI is InChI=1S/C14H22O/c1-11-5-7-13(8-6-12(2)15)10-14(3,4)9-11/h6,8,10-11H,5,7,9H2,1-4H3/b8-6+. The Morgan fingerprint density at radius 1 is 1.53 bits per heavy atom. The Bertz CT molecular complexity index is 294. The number of hydrogen-bond acceptors (Lipinski definition) is 1. The van der Waals surface area contributed by atoms with E-state index in [0.29, 0.717) is 0 Å². The Morgan fingerprint density at radius 3 is 2.80 bits per heavy atom. The lowest BCUT2D eigenvalue weighted by Crippen LogP contribution is -2.10. The predicted molar refractivity (Wildman–Crippen MR) is 64.7 cm³/mol. The molecule has 0 amide bonds. The van der Waals surface area contributed by atoms with Gasteiger partial charge in [-0.1, -0.05) is 38.5 Å². The molecule has 1 atom stereocenters. The molecule has 0 aromatic carbocycles. The van der Waals surface area contributed by atoms with E-state index in [0.717, 1.165) is 12.3 Å². The lowest BCUT2D eigenvalue weighted by Gasteiger charge is -2.22. The van der Waals surface area contributed by atoms with Crippen LogP contribution in [-0.4, -0.2) is 5.78 Å². The van der Waals surface area contributed by atoms with Crippen molar-refractivity contribution in [1.82, 2.24) is 0 Å². The molecule has 1 nitrogen and oxygen atoms in total. The highest BCUT2D eigenvalue weighted by Crippen LogP contribution is 2.35. The molecule has 0 spiro atoms. The van der Waals surface area contributed by atoms with E-state index in [4.69, 9.17) is 0 Å². The quantitative estimate of drug-likeness (QED) is 0.626. The molecule has 0 aliphatic heterocycles. The monoisotopic (exact) mass is 206 g/mol. The van der Waals surface area contributed by atoms with Crippen LogP contribution in [0.25, 0.3) is 0 Å². The van der Waals surface area contributed by atoms with Crippen molar-refractivity contribution in [2.75, 3.05) is 0 Å². The maximum atomic E-state index is 10.9. The van der Waals surface area contributed by atoms with Gasteiger partial charge in [-0.2, -0.15) is 0 Å². The molecule has 0 aromatic rings. The lowest BCUT2D eigenvalue weighted by atomic mass is 9.84. The van der Waals surface area contributed by atoms with Crippen molar-refractivity contribution < 1.29 is 4.79 Å². The van der Waals surface area contributed by atoms with Crippen molar-refractivity contribution in [3.05, 3.63) is 23.8 Å². The fourth-order valence-electron chi connectivity index (χ4n) is 2.40. The minimum atomic E-state index is 0.131. The first-order valence-corrected chi connectivity index (χ1v) is 5.79. The summed E-state index contributed by atoms with van der Waals surface area (Å²) in [6, 6.07) is 0. The lowest BCUT2D eigenvalue weighted by molar-refractivity contribution is -0.112. The summed E-state index contributed by atoms with van der Waals surface area (Å²) >= 11 is 0. The van der Waals surface area contributed by atoms with E-state index in [2.05, 4.69) is 26.8 Å². The number of carbonyl (C=O) groups excluding carboxylic acids is 1. The van der Waals surface area contributed by atoms with E-state index in [-0.39, 0.29) is 11.2 Å². The minimum absolute atomic E-state index is 0.131. The van der Waals surface area contributed by atoms with Crippen molar-refractivity contribution in [2.45, 2.75) is 47.0 Å². The molecule has 1 rings (SSSR count). The van der Waals surface area contributed by atoms with E-state index in [1.54, 1.807) is 13.0 Å². The molecule has 0 heterocycles. The fourth-order valence-corrected chi connectivity index (χ4v) is 2.40. The van der Waals surface area contributed by atoms with Crippen LogP contribution in [0.2, 0.25) is 0 Å². The van der Waals surface area contributed by atoms with Gasteiger partial charge in [0.25, 0.3) is 0 Å². The first kappa shape index (κ1) is 12.2. The van der Waals surface area contributed by atoms with Crippen LogP contribution >= 0.6 is 0 Å². The van der Waals surface area contributed by atoms with E-state index < -0.39 is 0 Å². The van der Waals surface area contributed by atoms with Crippen molar-refractivity contribution in [3.8, 4) is 0 Å². The Morgan fingerprint density at radius 2 is 2.20 bits per heavy atom. The number of allylic oxidation sites excluding steroid dienone is 4. The molecule has 0 saturated heterocycles. The van der Waals surface area contributed by atoms with Crippen LogP contribution in [0.3, 0.4) is 0 Å². The molecule has 84 valence electrons. The maximum absolute atomic E-state index is 10.9. The van der Waals surface area contributed by atoms with Crippen LogP contribution in [-0.2, 0) is 4.79 Å². The van der Waals surface area contributed by atoms with Crippen LogP contribution in [0.15, 0.2) is 23.8 Å². The Labute approximate surface area is 93.3 Å². The van der Waals surface area contributed by atoms with Crippen LogP contribution in [0.5, 0.6) is 0 Å². The third-order valence-corrected chi connectivity index (χ3v) is 2.91. The van der Waals surface area contributed by atoms with E-state index in [1.165, 1.54) is 18.4 Å². The molecule has 0 radical (unpaired) electrons. The van der Waals surface area contributed by atoms with Crippen LogP contribution < -0.4 is 0 Å². The zero-order valence-electron chi connectivity index (χ0n) is 10.3. The molecule has 0 saturated carbocycles.